The Balaban J connectivity index is 1.84. The van der Waals surface area contributed by atoms with Gasteiger partial charge in [0, 0.05) is 50.8 Å². The Morgan fingerprint density at radius 1 is 0.733 bits per heavy atom. The first-order chi connectivity index (χ1) is 14.2. The third-order valence-electron chi connectivity index (χ3n) is 6.26. The molecule has 0 radical (unpaired) electrons. The summed E-state index contributed by atoms with van der Waals surface area (Å²) in [4.78, 5) is 0. The van der Waals surface area contributed by atoms with E-state index in [2.05, 4.69) is 87.1 Å². The SMILES string of the molecule is CC(C)(C)P(Cc1ccccc1CP(C1CNCCN1)C1CNCCN1)C(C)(C)C. The minimum Gasteiger partial charge on any atom is -0.314 e. The highest BCUT2D eigenvalue weighted by Crippen LogP contribution is 2.61. The van der Waals surface area contributed by atoms with E-state index in [1.165, 1.54) is 12.3 Å². The van der Waals surface area contributed by atoms with Gasteiger partial charge in [-0.2, -0.15) is 0 Å². The predicted octanol–water partition coefficient (Wildman–Crippen LogP) is 4.29. The van der Waals surface area contributed by atoms with Gasteiger partial charge in [-0.1, -0.05) is 81.7 Å². The van der Waals surface area contributed by atoms with E-state index >= 15 is 0 Å². The first-order valence-corrected chi connectivity index (χ1v) is 14.8. The fourth-order valence-corrected chi connectivity index (χ4v) is 11.5. The molecule has 2 saturated heterocycles. The summed E-state index contributed by atoms with van der Waals surface area (Å²) in [5.74, 6) is 1.18. The van der Waals surface area contributed by atoms with Gasteiger partial charge in [0.15, 0.2) is 0 Å². The molecule has 0 aliphatic carbocycles. The Bertz CT molecular complexity index is 624. The summed E-state index contributed by atoms with van der Waals surface area (Å²) < 4.78 is 0. The van der Waals surface area contributed by atoms with Gasteiger partial charge in [-0.15, -0.1) is 0 Å². The van der Waals surface area contributed by atoms with E-state index in [1.54, 1.807) is 11.1 Å². The fourth-order valence-electron chi connectivity index (χ4n) is 4.90. The fraction of sp³-hybridized carbons (Fsp3) is 0.750. The Kier molecular flexibility index (Phi) is 8.75. The van der Waals surface area contributed by atoms with Crippen LogP contribution in [-0.2, 0) is 12.3 Å². The molecule has 2 aliphatic heterocycles. The zero-order valence-electron chi connectivity index (χ0n) is 20.0. The second-order valence-corrected chi connectivity index (χ2v) is 17.2. The maximum atomic E-state index is 3.85. The Morgan fingerprint density at radius 3 is 1.60 bits per heavy atom. The normalized spacial score (nSPS) is 24.8. The summed E-state index contributed by atoms with van der Waals surface area (Å²) in [6.45, 7) is 21.2. The molecule has 30 heavy (non-hydrogen) atoms. The number of nitrogens with one attached hydrogen (secondary N) is 4. The zero-order chi connectivity index (χ0) is 21.8. The number of benzene rings is 1. The number of rotatable bonds is 6. The summed E-state index contributed by atoms with van der Waals surface area (Å²) in [7, 11) is -0.349. The van der Waals surface area contributed by atoms with Crippen LogP contribution in [-0.4, -0.2) is 61.1 Å². The maximum absolute atomic E-state index is 3.85. The molecule has 0 saturated carbocycles. The van der Waals surface area contributed by atoms with Crippen LogP contribution in [0.25, 0.3) is 0 Å². The van der Waals surface area contributed by atoms with E-state index in [0.717, 1.165) is 39.3 Å². The Morgan fingerprint density at radius 2 is 1.20 bits per heavy atom. The van der Waals surface area contributed by atoms with Crippen LogP contribution in [0.4, 0.5) is 0 Å². The van der Waals surface area contributed by atoms with E-state index in [-0.39, 0.29) is 15.8 Å². The van der Waals surface area contributed by atoms with Crippen LogP contribution in [0.1, 0.15) is 52.7 Å². The van der Waals surface area contributed by atoms with Crippen LogP contribution in [0.2, 0.25) is 0 Å². The standard InChI is InChI=1S/C24H44N4P2/c1-23(2,3)30(24(4,5)6)18-20-10-8-7-9-19(20)17-29(21-15-25-11-13-27-21)22-16-26-12-14-28-22/h7-10,21-22,25-28H,11-18H2,1-6H3. The highest BCUT2D eigenvalue weighted by molar-refractivity contribution is 7.60. The van der Waals surface area contributed by atoms with E-state index in [0.29, 0.717) is 21.9 Å². The molecule has 2 atom stereocenters. The lowest BCUT2D eigenvalue weighted by atomic mass is 10.1. The van der Waals surface area contributed by atoms with Crippen LogP contribution < -0.4 is 21.3 Å². The summed E-state index contributed by atoms with van der Waals surface area (Å²) in [6.07, 6.45) is 2.44. The van der Waals surface area contributed by atoms with Gasteiger partial charge < -0.3 is 21.3 Å². The van der Waals surface area contributed by atoms with Crippen molar-refractivity contribution in [3.05, 3.63) is 35.4 Å². The van der Waals surface area contributed by atoms with Crippen molar-refractivity contribution in [3.63, 3.8) is 0 Å². The number of hydrogen-bond donors (Lipinski definition) is 4. The molecule has 2 unspecified atom stereocenters. The number of hydrogen-bond acceptors (Lipinski definition) is 4. The lowest BCUT2D eigenvalue weighted by molar-refractivity contribution is 0.472. The van der Waals surface area contributed by atoms with Crippen molar-refractivity contribution >= 4 is 15.8 Å². The van der Waals surface area contributed by atoms with Gasteiger partial charge in [0.2, 0.25) is 0 Å². The second kappa shape index (κ2) is 10.7. The highest BCUT2D eigenvalue weighted by Gasteiger charge is 2.35. The van der Waals surface area contributed by atoms with Crippen LogP contribution >= 0.6 is 15.8 Å². The molecule has 2 aliphatic rings. The first kappa shape index (κ1) is 24.6. The molecule has 1 aromatic carbocycles. The molecule has 2 fully saturated rings. The molecule has 0 spiro atoms. The van der Waals surface area contributed by atoms with Crippen LogP contribution in [0.3, 0.4) is 0 Å². The van der Waals surface area contributed by atoms with Crippen molar-refractivity contribution in [2.45, 2.75) is 75.7 Å². The largest absolute Gasteiger partial charge is 0.314 e. The molecular formula is C24H44N4P2. The molecule has 1 aromatic rings. The van der Waals surface area contributed by atoms with Crippen molar-refractivity contribution in [1.29, 1.82) is 0 Å². The highest BCUT2D eigenvalue weighted by atomic mass is 31.1. The topological polar surface area (TPSA) is 48.1 Å². The van der Waals surface area contributed by atoms with Gasteiger partial charge in [0.1, 0.15) is 0 Å². The molecule has 2 heterocycles. The summed E-state index contributed by atoms with van der Waals surface area (Å²) in [5.41, 5.74) is 3.18. The Labute approximate surface area is 187 Å². The molecule has 0 amide bonds. The molecule has 6 heteroatoms. The molecule has 4 nitrogen and oxygen atoms in total. The van der Waals surface area contributed by atoms with Crippen LogP contribution in [0.15, 0.2) is 24.3 Å². The maximum Gasteiger partial charge on any atom is 0.0413 e. The zero-order valence-corrected chi connectivity index (χ0v) is 21.8. The third kappa shape index (κ3) is 6.71. The lowest BCUT2D eigenvalue weighted by Crippen LogP contribution is -2.53. The molecule has 170 valence electrons. The molecule has 0 aromatic heterocycles. The van der Waals surface area contributed by atoms with Crippen molar-refractivity contribution < 1.29 is 0 Å². The molecule has 0 bridgehead atoms. The van der Waals surface area contributed by atoms with Gasteiger partial charge >= 0.3 is 0 Å². The van der Waals surface area contributed by atoms with Gasteiger partial charge in [-0.25, -0.2) is 0 Å². The summed E-state index contributed by atoms with van der Waals surface area (Å²) >= 11 is 0. The quantitative estimate of drug-likeness (QED) is 0.489. The average molecular weight is 451 g/mol. The van der Waals surface area contributed by atoms with Crippen LogP contribution in [0.5, 0.6) is 0 Å². The van der Waals surface area contributed by atoms with Gasteiger partial charge in [-0.3, -0.25) is 0 Å². The van der Waals surface area contributed by atoms with Crippen LogP contribution in [0, 0.1) is 0 Å². The average Bonchev–Trinajstić information content (AvgIpc) is 2.70. The molecule has 4 N–H and O–H groups in total. The van der Waals surface area contributed by atoms with Crippen molar-refractivity contribution in [3.8, 4) is 0 Å². The smallest absolute Gasteiger partial charge is 0.0413 e. The van der Waals surface area contributed by atoms with Crippen molar-refractivity contribution in [2.24, 2.45) is 0 Å². The minimum absolute atomic E-state index is 0.138. The second-order valence-electron chi connectivity index (χ2n) is 10.7. The van der Waals surface area contributed by atoms with Gasteiger partial charge in [0.25, 0.3) is 0 Å². The lowest BCUT2D eigenvalue weighted by Gasteiger charge is -2.42. The predicted molar refractivity (Wildman–Crippen MR) is 137 cm³/mol. The summed E-state index contributed by atoms with van der Waals surface area (Å²) in [5, 5.41) is 15.7. The first-order valence-electron chi connectivity index (χ1n) is 11.6. The van der Waals surface area contributed by atoms with E-state index < -0.39 is 0 Å². The monoisotopic (exact) mass is 450 g/mol. The molecule has 3 rings (SSSR count). The van der Waals surface area contributed by atoms with Gasteiger partial charge in [0.05, 0.1) is 0 Å². The van der Waals surface area contributed by atoms with Gasteiger partial charge in [-0.05, 0) is 33.8 Å². The van der Waals surface area contributed by atoms with E-state index in [4.69, 9.17) is 0 Å². The van der Waals surface area contributed by atoms with E-state index in [1.807, 2.05) is 0 Å². The van der Waals surface area contributed by atoms with Crippen molar-refractivity contribution in [1.82, 2.24) is 21.3 Å². The molecular weight excluding hydrogens is 406 g/mol. The minimum atomic E-state index is -0.211. The van der Waals surface area contributed by atoms with Crippen molar-refractivity contribution in [2.75, 3.05) is 39.3 Å². The Hall–Kier alpha value is -0.0800. The number of piperazine rings is 2. The third-order valence-corrected chi connectivity index (χ3v) is 13.2. The van der Waals surface area contributed by atoms with E-state index in [9.17, 15) is 0 Å². The summed E-state index contributed by atoms with van der Waals surface area (Å²) in [6, 6.07) is 9.33.